The molecule has 2 rings (SSSR count). The summed E-state index contributed by atoms with van der Waals surface area (Å²) in [5, 5.41) is 2.75. The molecule has 1 saturated heterocycles. The van der Waals surface area contributed by atoms with Crippen molar-refractivity contribution in [3.05, 3.63) is 23.4 Å². The third-order valence-electron chi connectivity index (χ3n) is 3.41. The number of carbonyl (C=O) groups is 1. The van der Waals surface area contributed by atoms with Crippen LogP contribution in [0.2, 0.25) is 0 Å². The van der Waals surface area contributed by atoms with Crippen molar-refractivity contribution in [3.8, 4) is 0 Å². The minimum Gasteiger partial charge on any atom is -0.348 e. The summed E-state index contributed by atoms with van der Waals surface area (Å²) in [6, 6.07) is 2.92. The zero-order valence-corrected chi connectivity index (χ0v) is 12.9. The van der Waals surface area contributed by atoms with Gasteiger partial charge in [-0.2, -0.15) is 0 Å². The van der Waals surface area contributed by atoms with Crippen LogP contribution in [-0.4, -0.2) is 36.9 Å². The molecule has 1 aromatic rings. The van der Waals surface area contributed by atoms with Gasteiger partial charge in [0.05, 0.1) is 11.5 Å². The lowest BCUT2D eigenvalue weighted by molar-refractivity contribution is 0.0941. The van der Waals surface area contributed by atoms with Crippen LogP contribution in [0.5, 0.6) is 0 Å². The maximum absolute atomic E-state index is 12.3. The molecule has 0 aromatic carbocycles. The fraction of sp³-hybridized carbons (Fsp3) is 0.538. The average Bonchev–Trinajstić information content (AvgIpc) is 2.77. The number of aromatic nitrogens is 1. The first-order valence-corrected chi connectivity index (χ1v) is 8.63. The maximum Gasteiger partial charge on any atom is 0.251 e. The van der Waals surface area contributed by atoms with Gasteiger partial charge in [0.1, 0.15) is 5.82 Å². The molecule has 7 nitrogen and oxygen atoms in total. The normalized spacial score (nSPS) is 20.5. The number of nitrogens with two attached hydrogens (primary N) is 1. The molecule has 1 unspecified atom stereocenters. The lowest BCUT2D eigenvalue weighted by Crippen LogP contribution is -2.35. The number of nitrogen functional groups attached to an aromatic ring is 1. The molecule has 1 amide bonds. The van der Waals surface area contributed by atoms with Crippen LogP contribution in [0.25, 0.3) is 0 Å². The van der Waals surface area contributed by atoms with Crippen molar-refractivity contribution in [2.45, 2.75) is 32.2 Å². The van der Waals surface area contributed by atoms with Crippen molar-refractivity contribution in [1.82, 2.24) is 10.3 Å². The highest BCUT2D eigenvalue weighted by molar-refractivity contribution is 7.91. The van der Waals surface area contributed by atoms with Gasteiger partial charge in [0.2, 0.25) is 0 Å². The highest BCUT2D eigenvalue weighted by Gasteiger charge is 2.29. The zero-order chi connectivity index (χ0) is 15.6. The molecule has 21 heavy (non-hydrogen) atoms. The molecule has 1 aliphatic heterocycles. The number of hydrogen-bond acceptors (Lipinski definition) is 6. The Hall–Kier alpha value is -1.67. The lowest BCUT2D eigenvalue weighted by atomic mass is 10.1. The second-order valence-corrected chi connectivity index (χ2v) is 7.77. The van der Waals surface area contributed by atoms with Crippen LogP contribution < -0.4 is 16.6 Å². The molecule has 8 heteroatoms. The summed E-state index contributed by atoms with van der Waals surface area (Å²) >= 11 is 0. The topological polar surface area (TPSA) is 114 Å². The van der Waals surface area contributed by atoms with E-state index in [0.29, 0.717) is 17.8 Å². The van der Waals surface area contributed by atoms with Gasteiger partial charge in [-0.25, -0.2) is 19.2 Å². The van der Waals surface area contributed by atoms with Crippen LogP contribution in [0.1, 0.15) is 42.2 Å². The van der Waals surface area contributed by atoms with E-state index in [0.717, 1.165) is 5.69 Å². The van der Waals surface area contributed by atoms with Gasteiger partial charge in [0.25, 0.3) is 5.91 Å². The van der Waals surface area contributed by atoms with E-state index in [-0.39, 0.29) is 29.4 Å². The molecule has 116 valence electrons. The van der Waals surface area contributed by atoms with Gasteiger partial charge < -0.3 is 10.7 Å². The molecule has 4 N–H and O–H groups in total. The largest absolute Gasteiger partial charge is 0.348 e. The first-order chi connectivity index (χ1) is 9.80. The summed E-state index contributed by atoms with van der Waals surface area (Å²) in [4.78, 5) is 16.5. The first kappa shape index (κ1) is 15.7. The Morgan fingerprint density at radius 1 is 1.43 bits per heavy atom. The van der Waals surface area contributed by atoms with E-state index in [1.54, 1.807) is 12.1 Å². The van der Waals surface area contributed by atoms with E-state index >= 15 is 0 Å². The minimum atomic E-state index is -3.02. The SMILES string of the molecule is CC(C)c1cc(C(=O)NC2CCS(=O)(=O)C2)cc(NN)n1. The molecular weight excluding hydrogens is 292 g/mol. The highest BCUT2D eigenvalue weighted by atomic mass is 32.2. The quantitative estimate of drug-likeness (QED) is 0.548. The Labute approximate surface area is 124 Å². The number of sulfone groups is 1. The molecular formula is C13H20N4O3S. The number of nitrogens with one attached hydrogen (secondary N) is 2. The second-order valence-electron chi connectivity index (χ2n) is 5.54. The number of rotatable bonds is 4. The smallest absolute Gasteiger partial charge is 0.251 e. The van der Waals surface area contributed by atoms with Gasteiger partial charge in [-0.3, -0.25) is 4.79 Å². The average molecular weight is 312 g/mol. The maximum atomic E-state index is 12.3. The summed E-state index contributed by atoms with van der Waals surface area (Å²) in [5.41, 5.74) is 3.60. The molecule has 1 atom stereocenters. The number of amides is 1. The van der Waals surface area contributed by atoms with Crippen LogP contribution >= 0.6 is 0 Å². The van der Waals surface area contributed by atoms with E-state index in [1.165, 1.54) is 0 Å². The van der Waals surface area contributed by atoms with Crippen molar-refractivity contribution in [1.29, 1.82) is 0 Å². The van der Waals surface area contributed by atoms with Crippen LogP contribution in [0, 0.1) is 0 Å². The molecule has 1 fully saturated rings. The summed E-state index contributed by atoms with van der Waals surface area (Å²) in [6.45, 7) is 3.93. The summed E-state index contributed by atoms with van der Waals surface area (Å²) in [5.74, 6) is 5.74. The molecule has 0 bridgehead atoms. The Kier molecular flexibility index (Phi) is 4.48. The Morgan fingerprint density at radius 3 is 2.67 bits per heavy atom. The number of hydrogen-bond donors (Lipinski definition) is 3. The number of pyridine rings is 1. The van der Waals surface area contributed by atoms with Gasteiger partial charge in [-0.15, -0.1) is 0 Å². The predicted molar refractivity (Wildman–Crippen MR) is 80.7 cm³/mol. The zero-order valence-electron chi connectivity index (χ0n) is 12.1. The monoisotopic (exact) mass is 312 g/mol. The first-order valence-electron chi connectivity index (χ1n) is 6.80. The number of hydrazine groups is 1. The number of anilines is 1. The number of carbonyl (C=O) groups excluding carboxylic acids is 1. The van der Waals surface area contributed by atoms with Crippen LogP contribution in [-0.2, 0) is 9.84 Å². The molecule has 0 aliphatic carbocycles. The summed E-state index contributed by atoms with van der Waals surface area (Å²) in [6.07, 6.45) is 0.457. The van der Waals surface area contributed by atoms with E-state index in [1.807, 2.05) is 13.8 Å². The predicted octanol–water partition coefficient (Wildman–Crippen LogP) is 0.408. The molecule has 0 spiro atoms. The van der Waals surface area contributed by atoms with Crippen molar-refractivity contribution in [2.24, 2.45) is 5.84 Å². The van der Waals surface area contributed by atoms with Gasteiger partial charge in [0, 0.05) is 17.3 Å². The van der Waals surface area contributed by atoms with Crippen molar-refractivity contribution >= 4 is 21.6 Å². The van der Waals surface area contributed by atoms with Gasteiger partial charge >= 0.3 is 0 Å². The lowest BCUT2D eigenvalue weighted by Gasteiger charge is -2.13. The Morgan fingerprint density at radius 2 is 2.14 bits per heavy atom. The molecule has 0 saturated carbocycles. The van der Waals surface area contributed by atoms with Gasteiger partial charge in [0.15, 0.2) is 9.84 Å². The molecule has 1 aromatic heterocycles. The fourth-order valence-electron chi connectivity index (χ4n) is 2.23. The van der Waals surface area contributed by atoms with Gasteiger partial charge in [-0.05, 0) is 24.5 Å². The van der Waals surface area contributed by atoms with Crippen molar-refractivity contribution in [2.75, 3.05) is 16.9 Å². The molecule has 1 aliphatic rings. The molecule has 0 radical (unpaired) electrons. The van der Waals surface area contributed by atoms with Crippen molar-refractivity contribution < 1.29 is 13.2 Å². The summed E-state index contributed by atoms with van der Waals surface area (Å²) < 4.78 is 22.8. The van der Waals surface area contributed by atoms with E-state index < -0.39 is 9.84 Å². The van der Waals surface area contributed by atoms with E-state index in [4.69, 9.17) is 5.84 Å². The number of nitrogens with zero attached hydrogens (tertiary/aromatic N) is 1. The standard InChI is InChI=1S/C13H20N4O3S/c1-8(2)11-5-9(6-12(16-11)17-14)13(18)15-10-3-4-21(19,20)7-10/h5-6,8,10H,3-4,7,14H2,1-2H3,(H,15,18)(H,16,17). The minimum absolute atomic E-state index is 0.00283. The fourth-order valence-corrected chi connectivity index (χ4v) is 3.90. The Bertz CT molecular complexity index is 643. The molecule has 2 heterocycles. The van der Waals surface area contributed by atoms with E-state index in [9.17, 15) is 13.2 Å². The van der Waals surface area contributed by atoms with E-state index in [2.05, 4.69) is 15.7 Å². The third kappa shape index (κ3) is 3.92. The Balaban J connectivity index is 2.17. The second kappa shape index (κ2) is 5.98. The van der Waals surface area contributed by atoms with Crippen LogP contribution in [0.4, 0.5) is 5.82 Å². The van der Waals surface area contributed by atoms with Crippen LogP contribution in [0.3, 0.4) is 0 Å². The summed E-state index contributed by atoms with van der Waals surface area (Å²) in [7, 11) is -3.02. The van der Waals surface area contributed by atoms with Crippen molar-refractivity contribution in [3.63, 3.8) is 0 Å². The highest BCUT2D eigenvalue weighted by Crippen LogP contribution is 2.18. The van der Waals surface area contributed by atoms with Crippen LogP contribution in [0.15, 0.2) is 12.1 Å². The third-order valence-corrected chi connectivity index (χ3v) is 5.18. The van der Waals surface area contributed by atoms with Gasteiger partial charge in [-0.1, -0.05) is 13.8 Å².